The number of piperidine rings is 1. The molecule has 0 radical (unpaired) electrons. The van der Waals surface area contributed by atoms with Crippen molar-refractivity contribution in [2.45, 2.75) is 45.3 Å². The van der Waals surface area contributed by atoms with E-state index >= 15 is 0 Å². The van der Waals surface area contributed by atoms with Crippen LogP contribution < -0.4 is 15.5 Å². The third kappa shape index (κ3) is 4.33. The van der Waals surface area contributed by atoms with Gasteiger partial charge in [0.25, 0.3) is 0 Å². The highest BCUT2D eigenvalue weighted by Crippen LogP contribution is 2.27. The lowest BCUT2D eigenvalue weighted by Crippen LogP contribution is -2.49. The molecule has 1 fully saturated rings. The van der Waals surface area contributed by atoms with Crippen LogP contribution in [0.3, 0.4) is 0 Å². The van der Waals surface area contributed by atoms with E-state index in [1.807, 2.05) is 52.1 Å². The van der Waals surface area contributed by atoms with Gasteiger partial charge in [-0.1, -0.05) is 12.1 Å². The van der Waals surface area contributed by atoms with Gasteiger partial charge in [0.1, 0.15) is 5.60 Å². The molecule has 0 bridgehead atoms. The van der Waals surface area contributed by atoms with Crippen LogP contribution in [-0.4, -0.2) is 47.8 Å². The molecule has 1 atom stereocenters. The Kier molecular flexibility index (Phi) is 5.15. The highest BCUT2D eigenvalue weighted by Gasteiger charge is 2.26. The molecule has 1 aliphatic heterocycles. The van der Waals surface area contributed by atoms with Gasteiger partial charge < -0.3 is 20.3 Å². The number of para-hydroxylation sites is 2. The maximum Gasteiger partial charge on any atom is 0.407 e. The zero-order valence-electron chi connectivity index (χ0n) is 15.9. The first kappa shape index (κ1) is 18.2. The summed E-state index contributed by atoms with van der Waals surface area (Å²) in [5, 5.41) is 6.12. The topological polar surface area (TPSA) is 79.4 Å². The van der Waals surface area contributed by atoms with Crippen LogP contribution in [0.2, 0.25) is 0 Å². The Balaban J connectivity index is 1.77. The van der Waals surface area contributed by atoms with Crippen LogP contribution in [0.4, 0.5) is 16.4 Å². The van der Waals surface area contributed by atoms with Gasteiger partial charge in [-0.15, -0.1) is 0 Å². The fourth-order valence-corrected chi connectivity index (χ4v) is 3.14. The summed E-state index contributed by atoms with van der Waals surface area (Å²) >= 11 is 0. The van der Waals surface area contributed by atoms with Crippen LogP contribution in [0.25, 0.3) is 11.0 Å². The summed E-state index contributed by atoms with van der Waals surface area (Å²) in [6.45, 7) is 7.16. The average molecular weight is 357 g/mol. The van der Waals surface area contributed by atoms with E-state index < -0.39 is 5.60 Å². The van der Waals surface area contributed by atoms with E-state index in [2.05, 4.69) is 20.5 Å². The molecule has 0 spiro atoms. The third-order valence-electron chi connectivity index (χ3n) is 4.23. The molecular formula is C19H27N5O2. The monoisotopic (exact) mass is 357 g/mol. The van der Waals surface area contributed by atoms with Crippen molar-refractivity contribution < 1.29 is 9.53 Å². The minimum atomic E-state index is -0.498. The molecule has 7 nitrogen and oxygen atoms in total. The summed E-state index contributed by atoms with van der Waals surface area (Å²) in [5.74, 6) is 1.57. The normalized spacial score (nSPS) is 17.8. The molecule has 0 unspecified atom stereocenters. The van der Waals surface area contributed by atoms with Crippen LogP contribution in [0, 0.1) is 0 Å². The van der Waals surface area contributed by atoms with Crippen LogP contribution in [-0.2, 0) is 4.74 Å². The van der Waals surface area contributed by atoms with E-state index in [9.17, 15) is 4.79 Å². The molecule has 1 aromatic heterocycles. The van der Waals surface area contributed by atoms with E-state index in [0.717, 1.165) is 42.1 Å². The van der Waals surface area contributed by atoms with Crippen LogP contribution in [0.5, 0.6) is 0 Å². The largest absolute Gasteiger partial charge is 0.444 e. The third-order valence-corrected chi connectivity index (χ3v) is 4.23. The predicted molar refractivity (Wildman–Crippen MR) is 104 cm³/mol. The van der Waals surface area contributed by atoms with Gasteiger partial charge in [-0.25, -0.2) is 14.8 Å². The fourth-order valence-electron chi connectivity index (χ4n) is 3.14. The summed E-state index contributed by atoms with van der Waals surface area (Å²) < 4.78 is 5.38. The van der Waals surface area contributed by atoms with Crippen molar-refractivity contribution in [2.75, 3.05) is 30.4 Å². The highest BCUT2D eigenvalue weighted by atomic mass is 16.6. The maximum absolute atomic E-state index is 12.1. The van der Waals surface area contributed by atoms with Crippen molar-refractivity contribution in [3.8, 4) is 0 Å². The number of benzene rings is 1. The van der Waals surface area contributed by atoms with Crippen molar-refractivity contribution in [3.05, 3.63) is 24.3 Å². The number of carbonyl (C=O) groups is 1. The molecule has 0 aliphatic carbocycles. The Hall–Kier alpha value is -2.57. The Bertz CT molecular complexity index is 787. The van der Waals surface area contributed by atoms with E-state index in [0.29, 0.717) is 6.54 Å². The van der Waals surface area contributed by atoms with Crippen molar-refractivity contribution in [2.24, 2.45) is 0 Å². The Morgan fingerprint density at radius 1 is 1.23 bits per heavy atom. The van der Waals surface area contributed by atoms with Gasteiger partial charge in [0, 0.05) is 26.2 Å². The fraction of sp³-hybridized carbons (Fsp3) is 0.526. The molecule has 1 amide bonds. The van der Waals surface area contributed by atoms with Gasteiger partial charge in [0.15, 0.2) is 11.6 Å². The molecule has 140 valence electrons. The van der Waals surface area contributed by atoms with Crippen LogP contribution in [0.1, 0.15) is 33.6 Å². The van der Waals surface area contributed by atoms with E-state index in [1.165, 1.54) is 0 Å². The highest BCUT2D eigenvalue weighted by molar-refractivity contribution is 5.80. The molecule has 1 aliphatic rings. The second-order valence-corrected chi connectivity index (χ2v) is 7.57. The number of rotatable bonds is 3. The number of aromatic nitrogens is 2. The van der Waals surface area contributed by atoms with Crippen molar-refractivity contribution in [1.29, 1.82) is 0 Å². The lowest BCUT2D eigenvalue weighted by atomic mass is 10.1. The number of hydrogen-bond acceptors (Lipinski definition) is 6. The van der Waals surface area contributed by atoms with Gasteiger partial charge in [0.2, 0.25) is 0 Å². The molecule has 2 aromatic rings. The zero-order chi connectivity index (χ0) is 18.7. The smallest absolute Gasteiger partial charge is 0.407 e. The van der Waals surface area contributed by atoms with E-state index in [4.69, 9.17) is 9.72 Å². The Labute approximate surface area is 154 Å². The second-order valence-electron chi connectivity index (χ2n) is 7.57. The van der Waals surface area contributed by atoms with Gasteiger partial charge in [-0.3, -0.25) is 0 Å². The number of alkyl carbamates (subject to hydrolysis) is 1. The summed E-state index contributed by atoms with van der Waals surface area (Å²) in [5.41, 5.74) is 1.23. The summed E-state index contributed by atoms with van der Waals surface area (Å²) in [7, 11) is 1.85. The minimum absolute atomic E-state index is 0.0246. The number of nitrogens with one attached hydrogen (secondary N) is 2. The van der Waals surface area contributed by atoms with Crippen molar-refractivity contribution >= 4 is 28.8 Å². The number of fused-ring (bicyclic) bond motifs is 1. The van der Waals surface area contributed by atoms with E-state index in [-0.39, 0.29) is 12.1 Å². The van der Waals surface area contributed by atoms with Gasteiger partial charge >= 0.3 is 6.09 Å². The van der Waals surface area contributed by atoms with Crippen molar-refractivity contribution in [1.82, 2.24) is 15.3 Å². The first-order chi connectivity index (χ1) is 12.4. The van der Waals surface area contributed by atoms with Crippen LogP contribution >= 0.6 is 0 Å². The average Bonchev–Trinajstić information content (AvgIpc) is 2.59. The Morgan fingerprint density at radius 2 is 1.92 bits per heavy atom. The standard InChI is InChI=1S/C19H27N5O2/c1-19(2,3)26-18(25)21-13-8-7-11-24(12-13)17-16(20-4)22-14-9-5-6-10-15(14)23-17/h5-6,9-10,13H,7-8,11-12H2,1-4H3,(H,20,22)(H,21,25)/t13-/m1/s1. The minimum Gasteiger partial charge on any atom is -0.444 e. The number of ether oxygens (including phenoxy) is 1. The number of anilines is 2. The molecule has 2 heterocycles. The number of hydrogen-bond donors (Lipinski definition) is 2. The first-order valence-corrected chi connectivity index (χ1v) is 9.05. The zero-order valence-corrected chi connectivity index (χ0v) is 15.9. The summed E-state index contributed by atoms with van der Waals surface area (Å²) in [4.78, 5) is 23.7. The van der Waals surface area contributed by atoms with Crippen molar-refractivity contribution in [3.63, 3.8) is 0 Å². The lowest BCUT2D eigenvalue weighted by Gasteiger charge is -2.35. The number of nitrogens with zero attached hydrogens (tertiary/aromatic N) is 3. The first-order valence-electron chi connectivity index (χ1n) is 9.05. The molecule has 1 aromatic carbocycles. The summed E-state index contributed by atoms with van der Waals surface area (Å²) in [6, 6.07) is 7.86. The molecule has 26 heavy (non-hydrogen) atoms. The van der Waals surface area contributed by atoms with Crippen LogP contribution in [0.15, 0.2) is 24.3 Å². The van der Waals surface area contributed by atoms with Gasteiger partial charge in [-0.2, -0.15) is 0 Å². The molecule has 7 heteroatoms. The Morgan fingerprint density at radius 3 is 2.58 bits per heavy atom. The van der Waals surface area contributed by atoms with Gasteiger partial charge in [0.05, 0.1) is 11.0 Å². The van der Waals surface area contributed by atoms with Gasteiger partial charge in [-0.05, 0) is 45.7 Å². The summed E-state index contributed by atoms with van der Waals surface area (Å²) in [6.07, 6.45) is 1.52. The maximum atomic E-state index is 12.1. The SMILES string of the molecule is CNc1nc2ccccc2nc1N1CCC[C@@H](NC(=O)OC(C)(C)C)C1. The molecule has 0 saturated carbocycles. The van der Waals surface area contributed by atoms with E-state index in [1.54, 1.807) is 0 Å². The quantitative estimate of drug-likeness (QED) is 0.878. The molecule has 3 rings (SSSR count). The molecule has 2 N–H and O–H groups in total. The lowest BCUT2D eigenvalue weighted by molar-refractivity contribution is 0.0500. The number of amides is 1. The second kappa shape index (κ2) is 7.35. The molecular weight excluding hydrogens is 330 g/mol. The predicted octanol–water partition coefficient (Wildman–Crippen LogP) is 3.17. The number of carbonyl (C=O) groups excluding carboxylic acids is 1. The molecule has 1 saturated heterocycles.